The summed E-state index contributed by atoms with van der Waals surface area (Å²) in [5, 5.41) is 15.5. The third kappa shape index (κ3) is 8.13. The molecule has 0 radical (unpaired) electrons. The van der Waals surface area contributed by atoms with Gasteiger partial charge >= 0.3 is 0 Å². The van der Waals surface area contributed by atoms with Gasteiger partial charge in [0.15, 0.2) is 0 Å². The number of carbonyl (C=O) groups excluding carboxylic acids is 2. The van der Waals surface area contributed by atoms with Crippen LogP contribution in [0.2, 0.25) is 0 Å². The van der Waals surface area contributed by atoms with Crippen molar-refractivity contribution in [1.82, 2.24) is 20.4 Å². The van der Waals surface area contributed by atoms with Crippen LogP contribution in [-0.2, 0) is 14.3 Å². The molecule has 2 aliphatic rings. The number of likely N-dealkylation sites (N-methyl/N-ethyl adjacent to an activating group) is 1. The summed E-state index contributed by atoms with van der Waals surface area (Å²) in [4.78, 5) is 28.3. The minimum Gasteiger partial charge on any atom is -0.394 e. The molecule has 0 aromatic carbocycles. The van der Waals surface area contributed by atoms with E-state index in [1.807, 2.05) is 14.1 Å². The smallest absolute Gasteiger partial charge is 0.234 e. The molecule has 2 fully saturated rings. The summed E-state index contributed by atoms with van der Waals surface area (Å²) in [5.74, 6) is -0.0928. The maximum atomic E-state index is 12.2. The van der Waals surface area contributed by atoms with Crippen LogP contribution in [0.25, 0.3) is 0 Å². The number of ether oxygens (including phenoxy) is 1. The molecule has 2 amide bonds. The largest absolute Gasteiger partial charge is 0.394 e. The topological polar surface area (TPSA) is 94.1 Å². The van der Waals surface area contributed by atoms with Crippen molar-refractivity contribution in [2.24, 2.45) is 0 Å². The predicted octanol–water partition coefficient (Wildman–Crippen LogP) is -0.435. The highest BCUT2D eigenvalue weighted by atomic mass is 16.5. The molecule has 0 saturated carbocycles. The van der Waals surface area contributed by atoms with Gasteiger partial charge in [0, 0.05) is 13.1 Å². The molecule has 2 heterocycles. The fourth-order valence-electron chi connectivity index (χ4n) is 3.80. The number of likely N-dealkylation sites (tertiary alicyclic amines) is 1. The van der Waals surface area contributed by atoms with Crippen LogP contribution in [0.15, 0.2) is 0 Å². The van der Waals surface area contributed by atoms with Crippen LogP contribution in [0.1, 0.15) is 38.5 Å². The SMILES string of the molecule is CN(C)CC(=O)N[C@@H]1CC[C@H](CC(=O)NCCN2CCCCC2)O[C@H]1CO. The van der Waals surface area contributed by atoms with Crippen LogP contribution in [0.3, 0.4) is 0 Å². The summed E-state index contributed by atoms with van der Waals surface area (Å²) < 4.78 is 5.87. The van der Waals surface area contributed by atoms with Crippen LogP contribution >= 0.6 is 0 Å². The fourth-order valence-corrected chi connectivity index (χ4v) is 3.80. The molecule has 0 unspecified atom stereocenters. The number of aliphatic hydroxyl groups is 1. The lowest BCUT2D eigenvalue weighted by Gasteiger charge is -2.36. The molecule has 0 spiro atoms. The maximum absolute atomic E-state index is 12.2. The van der Waals surface area contributed by atoms with E-state index in [4.69, 9.17) is 4.74 Å². The molecule has 27 heavy (non-hydrogen) atoms. The summed E-state index contributed by atoms with van der Waals surface area (Å²) in [5.41, 5.74) is 0. The van der Waals surface area contributed by atoms with E-state index in [1.54, 1.807) is 4.90 Å². The van der Waals surface area contributed by atoms with Crippen molar-refractivity contribution in [2.75, 3.05) is 53.4 Å². The van der Waals surface area contributed by atoms with Crippen molar-refractivity contribution in [3.63, 3.8) is 0 Å². The van der Waals surface area contributed by atoms with Gasteiger partial charge in [-0.05, 0) is 52.9 Å². The normalized spacial score (nSPS) is 26.7. The lowest BCUT2D eigenvalue weighted by molar-refractivity contribution is -0.136. The zero-order chi connectivity index (χ0) is 19.6. The Bertz CT molecular complexity index is 469. The van der Waals surface area contributed by atoms with Crippen LogP contribution in [0.5, 0.6) is 0 Å². The second-order valence-corrected chi connectivity index (χ2v) is 7.92. The van der Waals surface area contributed by atoms with Gasteiger partial charge in [-0.1, -0.05) is 6.42 Å². The molecule has 0 aromatic heterocycles. The number of carbonyl (C=O) groups is 2. The Hall–Kier alpha value is -1.22. The van der Waals surface area contributed by atoms with Crippen LogP contribution in [0, 0.1) is 0 Å². The van der Waals surface area contributed by atoms with Crippen LogP contribution in [0.4, 0.5) is 0 Å². The zero-order valence-corrected chi connectivity index (χ0v) is 16.8. The van der Waals surface area contributed by atoms with Crippen molar-refractivity contribution in [3.05, 3.63) is 0 Å². The Morgan fingerprint density at radius 1 is 1.15 bits per heavy atom. The van der Waals surface area contributed by atoms with Crippen LogP contribution < -0.4 is 10.6 Å². The van der Waals surface area contributed by atoms with Gasteiger partial charge in [0.25, 0.3) is 0 Å². The third-order valence-electron chi connectivity index (χ3n) is 5.21. The minimum absolute atomic E-state index is 0.0104. The maximum Gasteiger partial charge on any atom is 0.234 e. The van der Waals surface area contributed by atoms with Gasteiger partial charge in [-0.3, -0.25) is 9.59 Å². The van der Waals surface area contributed by atoms with E-state index in [9.17, 15) is 14.7 Å². The van der Waals surface area contributed by atoms with E-state index in [0.29, 0.717) is 32.4 Å². The van der Waals surface area contributed by atoms with Crippen molar-refractivity contribution in [2.45, 2.75) is 56.8 Å². The molecular formula is C19H36N4O4. The monoisotopic (exact) mass is 384 g/mol. The first-order chi connectivity index (χ1) is 13.0. The number of nitrogens with zero attached hydrogens (tertiary/aromatic N) is 2. The van der Waals surface area contributed by atoms with E-state index in [1.165, 1.54) is 19.3 Å². The van der Waals surface area contributed by atoms with E-state index < -0.39 is 6.10 Å². The van der Waals surface area contributed by atoms with Crippen molar-refractivity contribution in [1.29, 1.82) is 0 Å². The van der Waals surface area contributed by atoms with Gasteiger partial charge in [-0.2, -0.15) is 0 Å². The average Bonchev–Trinajstić information content (AvgIpc) is 2.63. The molecule has 0 aromatic rings. The Morgan fingerprint density at radius 3 is 2.56 bits per heavy atom. The molecule has 2 rings (SSSR count). The second-order valence-electron chi connectivity index (χ2n) is 7.92. The third-order valence-corrected chi connectivity index (χ3v) is 5.21. The molecule has 3 N–H and O–H groups in total. The van der Waals surface area contributed by atoms with E-state index >= 15 is 0 Å². The van der Waals surface area contributed by atoms with Crippen molar-refractivity contribution >= 4 is 11.8 Å². The van der Waals surface area contributed by atoms with E-state index in [2.05, 4.69) is 15.5 Å². The number of aliphatic hydroxyl groups excluding tert-OH is 1. The Labute approximate surface area is 162 Å². The number of piperidine rings is 1. The average molecular weight is 385 g/mol. The lowest BCUT2D eigenvalue weighted by Crippen LogP contribution is -2.53. The number of rotatable bonds is 9. The van der Waals surface area contributed by atoms with Crippen molar-refractivity contribution < 1.29 is 19.4 Å². The predicted molar refractivity (Wildman–Crippen MR) is 103 cm³/mol. The van der Waals surface area contributed by atoms with Gasteiger partial charge in [0.05, 0.1) is 31.7 Å². The number of nitrogens with one attached hydrogen (secondary N) is 2. The first-order valence-electron chi connectivity index (χ1n) is 10.2. The number of hydrogen-bond donors (Lipinski definition) is 3. The number of amides is 2. The molecule has 8 heteroatoms. The lowest BCUT2D eigenvalue weighted by atomic mass is 9.97. The summed E-state index contributed by atoms with van der Waals surface area (Å²) >= 11 is 0. The molecule has 0 bridgehead atoms. The van der Waals surface area contributed by atoms with Crippen molar-refractivity contribution in [3.8, 4) is 0 Å². The van der Waals surface area contributed by atoms with E-state index in [-0.39, 0.29) is 30.6 Å². The first-order valence-corrected chi connectivity index (χ1v) is 10.2. The first kappa shape index (κ1) is 22.1. The summed E-state index contributed by atoms with van der Waals surface area (Å²) in [7, 11) is 3.67. The molecule has 0 aliphatic carbocycles. The Morgan fingerprint density at radius 2 is 1.89 bits per heavy atom. The highest BCUT2D eigenvalue weighted by Crippen LogP contribution is 2.22. The molecule has 8 nitrogen and oxygen atoms in total. The minimum atomic E-state index is -0.462. The highest BCUT2D eigenvalue weighted by Gasteiger charge is 2.32. The Kier molecular flexibility index (Phi) is 9.47. The number of hydrogen-bond acceptors (Lipinski definition) is 6. The molecular weight excluding hydrogens is 348 g/mol. The van der Waals surface area contributed by atoms with Gasteiger partial charge in [0.1, 0.15) is 6.10 Å². The Balaban J connectivity index is 1.67. The second kappa shape index (κ2) is 11.6. The summed E-state index contributed by atoms with van der Waals surface area (Å²) in [6, 6.07) is -0.208. The van der Waals surface area contributed by atoms with Gasteiger partial charge in [-0.15, -0.1) is 0 Å². The molecule has 2 saturated heterocycles. The van der Waals surface area contributed by atoms with E-state index in [0.717, 1.165) is 19.6 Å². The molecule has 2 aliphatic heterocycles. The fraction of sp³-hybridized carbons (Fsp3) is 0.895. The zero-order valence-electron chi connectivity index (χ0n) is 16.8. The van der Waals surface area contributed by atoms with Gasteiger partial charge in [-0.25, -0.2) is 0 Å². The van der Waals surface area contributed by atoms with Gasteiger partial charge < -0.3 is 30.3 Å². The summed E-state index contributed by atoms with van der Waals surface area (Å²) in [6.45, 7) is 3.95. The van der Waals surface area contributed by atoms with Gasteiger partial charge in [0.2, 0.25) is 11.8 Å². The molecule has 3 atom stereocenters. The molecule has 156 valence electrons. The highest BCUT2D eigenvalue weighted by molar-refractivity contribution is 5.78. The summed E-state index contributed by atoms with van der Waals surface area (Å²) in [6.07, 6.45) is 4.84. The quantitative estimate of drug-likeness (QED) is 0.499. The standard InChI is InChI=1S/C19H36N4O4/c1-22(2)13-19(26)21-16-7-6-15(27-17(16)14-24)12-18(25)20-8-11-23-9-4-3-5-10-23/h15-17,24H,3-14H2,1-2H3,(H,20,25)(H,21,26)/t15-,16-,17+/m1/s1. The van der Waals surface area contributed by atoms with Crippen LogP contribution in [-0.4, -0.2) is 98.4 Å².